The molecule has 0 bridgehead atoms. The summed E-state index contributed by atoms with van der Waals surface area (Å²) in [6.45, 7) is 0.267. The molecular weight excluding hydrogens is 235 g/mol. The zero-order chi connectivity index (χ0) is 13.0. The third-order valence-electron chi connectivity index (χ3n) is 2.53. The van der Waals surface area contributed by atoms with Crippen molar-refractivity contribution in [3.63, 3.8) is 0 Å². The first kappa shape index (κ1) is 12.2. The van der Waals surface area contributed by atoms with E-state index in [-0.39, 0.29) is 30.3 Å². The molecule has 92 valence electrons. The topological polar surface area (TPSA) is 52.0 Å². The smallest absolute Gasteiger partial charge is 0.299 e. The fourth-order valence-electron chi connectivity index (χ4n) is 1.56. The van der Waals surface area contributed by atoms with Crippen molar-refractivity contribution in [3.8, 4) is 0 Å². The fraction of sp³-hybridized carbons (Fsp3) is 0.154. The van der Waals surface area contributed by atoms with Gasteiger partial charge in [-0.2, -0.15) is 0 Å². The molecule has 0 radical (unpaired) electrons. The fourth-order valence-corrected chi connectivity index (χ4v) is 1.56. The highest BCUT2D eigenvalue weighted by Gasteiger charge is 2.06. The standard InChI is InChI=1S/C13H11FN2O2/c14-11-4-2-10(3-5-11)12(17)6-9-16-8-1-7-15-13(16)18/h1-5,7-8H,6,9H2. The molecule has 0 unspecified atom stereocenters. The Morgan fingerprint density at radius 1 is 1.28 bits per heavy atom. The molecule has 0 aliphatic rings. The predicted octanol–water partition coefficient (Wildman–Crippen LogP) is 1.66. The van der Waals surface area contributed by atoms with Crippen molar-refractivity contribution in [1.82, 2.24) is 9.55 Å². The molecule has 0 N–H and O–H groups in total. The molecule has 1 aromatic carbocycles. The van der Waals surface area contributed by atoms with E-state index in [1.165, 1.54) is 35.0 Å². The number of hydrogen-bond donors (Lipinski definition) is 0. The number of aromatic nitrogens is 2. The number of ketones is 1. The average Bonchev–Trinajstić information content (AvgIpc) is 2.38. The molecule has 18 heavy (non-hydrogen) atoms. The van der Waals surface area contributed by atoms with E-state index in [2.05, 4.69) is 4.98 Å². The average molecular weight is 246 g/mol. The summed E-state index contributed by atoms with van der Waals surface area (Å²) < 4.78 is 14.1. The quantitative estimate of drug-likeness (QED) is 0.771. The van der Waals surface area contributed by atoms with Gasteiger partial charge < -0.3 is 0 Å². The van der Waals surface area contributed by atoms with Crippen LogP contribution in [0.15, 0.2) is 47.5 Å². The first-order valence-electron chi connectivity index (χ1n) is 5.47. The lowest BCUT2D eigenvalue weighted by Gasteiger charge is -2.03. The van der Waals surface area contributed by atoms with Gasteiger partial charge in [0, 0.05) is 30.9 Å². The molecule has 2 rings (SSSR count). The van der Waals surface area contributed by atoms with Crippen LogP contribution in [0.2, 0.25) is 0 Å². The first-order valence-corrected chi connectivity index (χ1v) is 5.47. The summed E-state index contributed by atoms with van der Waals surface area (Å²) >= 11 is 0. The van der Waals surface area contributed by atoms with Crippen LogP contribution in [0.25, 0.3) is 0 Å². The Morgan fingerprint density at radius 2 is 2.00 bits per heavy atom. The van der Waals surface area contributed by atoms with Gasteiger partial charge in [-0.3, -0.25) is 9.36 Å². The van der Waals surface area contributed by atoms with Gasteiger partial charge in [-0.1, -0.05) is 0 Å². The van der Waals surface area contributed by atoms with E-state index in [0.29, 0.717) is 5.56 Å². The van der Waals surface area contributed by atoms with Gasteiger partial charge in [0.25, 0.3) is 0 Å². The van der Waals surface area contributed by atoms with E-state index in [4.69, 9.17) is 0 Å². The Labute approximate surface area is 103 Å². The van der Waals surface area contributed by atoms with Crippen molar-refractivity contribution in [3.05, 3.63) is 64.6 Å². The zero-order valence-electron chi connectivity index (χ0n) is 9.54. The van der Waals surface area contributed by atoms with Crippen molar-refractivity contribution in [1.29, 1.82) is 0 Å². The van der Waals surface area contributed by atoms with Crippen LogP contribution in [-0.4, -0.2) is 15.3 Å². The van der Waals surface area contributed by atoms with Crippen LogP contribution in [0.3, 0.4) is 0 Å². The van der Waals surface area contributed by atoms with Gasteiger partial charge in [-0.05, 0) is 30.3 Å². The van der Waals surface area contributed by atoms with Crippen molar-refractivity contribution in [2.75, 3.05) is 0 Å². The minimum absolute atomic E-state index is 0.134. The second-order valence-corrected chi connectivity index (χ2v) is 3.78. The molecule has 0 aliphatic carbocycles. The predicted molar refractivity (Wildman–Crippen MR) is 63.8 cm³/mol. The number of nitrogens with zero attached hydrogens (tertiary/aromatic N) is 2. The number of aryl methyl sites for hydroxylation is 1. The van der Waals surface area contributed by atoms with Gasteiger partial charge in [-0.25, -0.2) is 14.2 Å². The molecule has 0 aliphatic heterocycles. The minimum Gasteiger partial charge on any atom is -0.299 e. The van der Waals surface area contributed by atoms with E-state index in [1.54, 1.807) is 12.3 Å². The molecule has 1 aromatic heterocycles. The number of rotatable bonds is 4. The Bertz CT molecular complexity index is 605. The Hall–Kier alpha value is -2.30. The number of benzene rings is 1. The van der Waals surface area contributed by atoms with Crippen LogP contribution in [0, 0.1) is 5.82 Å². The molecule has 0 atom stereocenters. The molecule has 0 amide bonds. The number of carbonyl (C=O) groups is 1. The zero-order valence-corrected chi connectivity index (χ0v) is 9.54. The van der Waals surface area contributed by atoms with Crippen LogP contribution >= 0.6 is 0 Å². The largest absolute Gasteiger partial charge is 0.347 e. The van der Waals surface area contributed by atoms with Crippen LogP contribution in [0.4, 0.5) is 4.39 Å². The molecular formula is C13H11FN2O2. The molecule has 0 saturated heterocycles. The monoisotopic (exact) mass is 246 g/mol. The SMILES string of the molecule is O=C(CCn1cccnc1=O)c1ccc(F)cc1. The molecule has 1 heterocycles. The van der Waals surface area contributed by atoms with Crippen LogP contribution in [0.1, 0.15) is 16.8 Å². The highest BCUT2D eigenvalue weighted by Crippen LogP contribution is 2.06. The first-order chi connectivity index (χ1) is 8.66. The van der Waals surface area contributed by atoms with Gasteiger partial charge in [0.05, 0.1) is 0 Å². The van der Waals surface area contributed by atoms with Gasteiger partial charge >= 0.3 is 5.69 Å². The summed E-state index contributed by atoms with van der Waals surface area (Å²) in [4.78, 5) is 26.7. The lowest BCUT2D eigenvalue weighted by atomic mass is 10.1. The lowest BCUT2D eigenvalue weighted by molar-refractivity contribution is 0.0976. The summed E-state index contributed by atoms with van der Waals surface area (Å²) in [5, 5.41) is 0. The highest BCUT2D eigenvalue weighted by atomic mass is 19.1. The summed E-state index contributed by atoms with van der Waals surface area (Å²) in [6, 6.07) is 6.98. The number of Topliss-reactive ketones (excluding diaryl/α,β-unsaturated/α-hetero) is 1. The van der Waals surface area contributed by atoms with Crippen LogP contribution in [0.5, 0.6) is 0 Å². The molecule has 5 heteroatoms. The normalized spacial score (nSPS) is 10.3. The van der Waals surface area contributed by atoms with Crippen molar-refractivity contribution < 1.29 is 9.18 Å². The maximum absolute atomic E-state index is 12.7. The van der Waals surface area contributed by atoms with Crippen LogP contribution in [-0.2, 0) is 6.54 Å². The third-order valence-corrected chi connectivity index (χ3v) is 2.53. The molecule has 0 saturated carbocycles. The minimum atomic E-state index is -0.385. The molecule has 4 nitrogen and oxygen atoms in total. The number of hydrogen-bond acceptors (Lipinski definition) is 3. The van der Waals surface area contributed by atoms with Gasteiger partial charge in [0.1, 0.15) is 5.82 Å². The number of halogens is 1. The summed E-state index contributed by atoms with van der Waals surface area (Å²) in [5.74, 6) is -0.513. The second-order valence-electron chi connectivity index (χ2n) is 3.78. The third kappa shape index (κ3) is 2.88. The van der Waals surface area contributed by atoms with Crippen LogP contribution < -0.4 is 5.69 Å². The summed E-state index contributed by atoms with van der Waals surface area (Å²) in [6.07, 6.45) is 3.16. The Kier molecular flexibility index (Phi) is 3.62. The Balaban J connectivity index is 2.03. The van der Waals surface area contributed by atoms with E-state index >= 15 is 0 Å². The van der Waals surface area contributed by atoms with Gasteiger partial charge in [0.2, 0.25) is 0 Å². The second kappa shape index (κ2) is 5.35. The van der Waals surface area contributed by atoms with E-state index in [9.17, 15) is 14.0 Å². The summed E-state index contributed by atoms with van der Waals surface area (Å²) in [7, 11) is 0. The van der Waals surface area contributed by atoms with Crippen molar-refractivity contribution in [2.24, 2.45) is 0 Å². The van der Waals surface area contributed by atoms with Crippen molar-refractivity contribution >= 4 is 5.78 Å². The van der Waals surface area contributed by atoms with E-state index in [1.807, 2.05) is 0 Å². The Morgan fingerprint density at radius 3 is 2.67 bits per heavy atom. The summed E-state index contributed by atoms with van der Waals surface area (Å²) in [5.41, 5.74) is 0.0535. The van der Waals surface area contributed by atoms with Gasteiger partial charge in [-0.15, -0.1) is 0 Å². The molecule has 0 spiro atoms. The van der Waals surface area contributed by atoms with Crippen molar-refractivity contribution in [2.45, 2.75) is 13.0 Å². The van der Waals surface area contributed by atoms with E-state index < -0.39 is 0 Å². The maximum Gasteiger partial charge on any atom is 0.347 e. The lowest BCUT2D eigenvalue weighted by Crippen LogP contribution is -2.22. The number of carbonyl (C=O) groups excluding carboxylic acids is 1. The maximum atomic E-state index is 12.7. The highest BCUT2D eigenvalue weighted by molar-refractivity contribution is 5.95. The molecule has 2 aromatic rings. The molecule has 0 fully saturated rings. The van der Waals surface area contributed by atoms with E-state index in [0.717, 1.165) is 0 Å². The van der Waals surface area contributed by atoms with Gasteiger partial charge in [0.15, 0.2) is 5.78 Å².